The summed E-state index contributed by atoms with van der Waals surface area (Å²) >= 11 is 1.36. The molecular formula is C9H15N5OS. The third kappa shape index (κ3) is 4.35. The fraction of sp³-hybridized carbons (Fsp3) is 0.444. The van der Waals surface area contributed by atoms with Gasteiger partial charge in [0.25, 0.3) is 0 Å². The first-order valence-electron chi connectivity index (χ1n) is 4.91. The van der Waals surface area contributed by atoms with Gasteiger partial charge < -0.3 is 16.8 Å². The van der Waals surface area contributed by atoms with Crippen molar-refractivity contribution >= 4 is 29.3 Å². The first-order valence-corrected chi connectivity index (χ1v) is 5.90. The number of anilines is 2. The number of carbonyl (C=O) groups excluding carboxylic acids is 1. The van der Waals surface area contributed by atoms with E-state index in [0.29, 0.717) is 35.5 Å². The number of hydrogen-bond acceptors (Lipinski definition) is 6. The average Bonchev–Trinajstić information content (AvgIpc) is 2.16. The van der Waals surface area contributed by atoms with Gasteiger partial charge in [0, 0.05) is 24.8 Å². The lowest BCUT2D eigenvalue weighted by Gasteiger charge is -2.03. The molecule has 0 aliphatic carbocycles. The lowest BCUT2D eigenvalue weighted by atomic mass is 10.4. The van der Waals surface area contributed by atoms with Crippen molar-refractivity contribution in [3.8, 4) is 0 Å². The average molecular weight is 241 g/mol. The molecule has 7 heteroatoms. The van der Waals surface area contributed by atoms with Crippen LogP contribution in [0.2, 0.25) is 0 Å². The fourth-order valence-corrected chi connectivity index (χ4v) is 1.86. The van der Waals surface area contributed by atoms with Crippen molar-refractivity contribution in [2.75, 3.05) is 23.8 Å². The summed E-state index contributed by atoms with van der Waals surface area (Å²) in [6.07, 6.45) is 0.427. The van der Waals surface area contributed by atoms with Gasteiger partial charge in [0.2, 0.25) is 5.91 Å². The van der Waals surface area contributed by atoms with E-state index in [1.807, 2.05) is 6.92 Å². The zero-order valence-electron chi connectivity index (χ0n) is 9.06. The zero-order chi connectivity index (χ0) is 12.0. The van der Waals surface area contributed by atoms with Crippen molar-refractivity contribution in [3.05, 3.63) is 6.07 Å². The van der Waals surface area contributed by atoms with E-state index in [2.05, 4.69) is 15.3 Å². The fourth-order valence-electron chi connectivity index (χ4n) is 1.05. The minimum absolute atomic E-state index is 0.0203. The number of nitrogens with zero attached hydrogens (tertiary/aromatic N) is 2. The molecule has 0 unspecified atom stereocenters. The summed E-state index contributed by atoms with van der Waals surface area (Å²) in [5.41, 5.74) is 11.0. The topological polar surface area (TPSA) is 107 Å². The zero-order valence-corrected chi connectivity index (χ0v) is 9.88. The van der Waals surface area contributed by atoms with Crippen LogP contribution in [-0.4, -0.2) is 28.2 Å². The lowest BCUT2D eigenvalue weighted by Crippen LogP contribution is -2.22. The Morgan fingerprint density at radius 2 is 2.06 bits per heavy atom. The third-order valence-electron chi connectivity index (χ3n) is 1.68. The molecule has 0 aliphatic heterocycles. The van der Waals surface area contributed by atoms with Crippen LogP contribution in [0.4, 0.5) is 11.6 Å². The minimum Gasteiger partial charge on any atom is -0.383 e. The Bertz CT molecular complexity index is 351. The Kier molecular flexibility index (Phi) is 4.84. The highest BCUT2D eigenvalue weighted by Crippen LogP contribution is 2.16. The van der Waals surface area contributed by atoms with Crippen LogP contribution in [0, 0.1) is 0 Å². The highest BCUT2D eigenvalue weighted by atomic mass is 32.2. The molecule has 0 radical (unpaired) electrons. The minimum atomic E-state index is 0.0203. The molecule has 0 saturated carbocycles. The maximum absolute atomic E-state index is 11.2. The van der Waals surface area contributed by atoms with Crippen LogP contribution in [0.1, 0.15) is 13.3 Å². The lowest BCUT2D eigenvalue weighted by molar-refractivity contribution is -0.120. The smallest absolute Gasteiger partial charge is 0.220 e. The predicted molar refractivity (Wildman–Crippen MR) is 64.9 cm³/mol. The van der Waals surface area contributed by atoms with Gasteiger partial charge in [0.1, 0.15) is 11.6 Å². The molecule has 0 atom stereocenters. The van der Waals surface area contributed by atoms with Crippen molar-refractivity contribution in [2.45, 2.75) is 18.5 Å². The molecule has 0 spiro atoms. The number of thioether (sulfide) groups is 1. The number of hydrogen-bond donors (Lipinski definition) is 3. The molecule has 0 bridgehead atoms. The second-order valence-corrected chi connectivity index (χ2v) is 4.11. The molecule has 1 heterocycles. The predicted octanol–water partition coefficient (Wildman–Crippen LogP) is 0.259. The van der Waals surface area contributed by atoms with E-state index in [9.17, 15) is 4.79 Å². The van der Waals surface area contributed by atoms with Gasteiger partial charge in [0.05, 0.1) is 0 Å². The number of nitrogen functional groups attached to an aromatic ring is 2. The number of amides is 1. The Morgan fingerprint density at radius 3 is 2.62 bits per heavy atom. The van der Waals surface area contributed by atoms with Crippen molar-refractivity contribution < 1.29 is 4.79 Å². The Balaban J connectivity index is 2.40. The SMILES string of the molecule is CCNC(=O)CCSc1nc(N)cc(N)n1. The molecule has 0 aromatic carbocycles. The molecule has 1 amide bonds. The van der Waals surface area contributed by atoms with Crippen LogP contribution in [0.5, 0.6) is 0 Å². The number of aromatic nitrogens is 2. The largest absolute Gasteiger partial charge is 0.383 e. The molecule has 0 saturated heterocycles. The molecular weight excluding hydrogens is 226 g/mol. The summed E-state index contributed by atoms with van der Waals surface area (Å²) in [6, 6.07) is 1.49. The van der Waals surface area contributed by atoms with Crippen LogP contribution in [0.15, 0.2) is 11.2 Å². The summed E-state index contributed by atoms with van der Waals surface area (Å²) in [5.74, 6) is 1.31. The van der Waals surface area contributed by atoms with Gasteiger partial charge in [-0.2, -0.15) is 0 Å². The van der Waals surface area contributed by atoms with E-state index in [0.717, 1.165) is 0 Å². The van der Waals surface area contributed by atoms with Crippen LogP contribution < -0.4 is 16.8 Å². The normalized spacial score (nSPS) is 10.1. The maximum atomic E-state index is 11.2. The highest BCUT2D eigenvalue weighted by Gasteiger charge is 2.04. The number of nitrogens with one attached hydrogen (secondary N) is 1. The van der Waals surface area contributed by atoms with Crippen LogP contribution in [0.25, 0.3) is 0 Å². The van der Waals surface area contributed by atoms with Crippen molar-refractivity contribution in [1.29, 1.82) is 0 Å². The first kappa shape index (κ1) is 12.6. The molecule has 0 fully saturated rings. The van der Waals surface area contributed by atoms with Gasteiger partial charge in [-0.05, 0) is 6.92 Å². The standard InChI is InChI=1S/C9H15N5OS/c1-2-12-8(15)3-4-16-9-13-6(10)5-7(11)14-9/h5H,2-4H2,1H3,(H,12,15)(H4,10,11,13,14). The molecule has 16 heavy (non-hydrogen) atoms. The van der Waals surface area contributed by atoms with E-state index in [1.165, 1.54) is 17.8 Å². The van der Waals surface area contributed by atoms with E-state index in [-0.39, 0.29) is 5.91 Å². The van der Waals surface area contributed by atoms with E-state index < -0.39 is 0 Å². The molecule has 0 aliphatic rings. The molecule has 6 nitrogen and oxygen atoms in total. The second-order valence-electron chi connectivity index (χ2n) is 3.05. The van der Waals surface area contributed by atoms with Crippen molar-refractivity contribution in [3.63, 3.8) is 0 Å². The third-order valence-corrected chi connectivity index (χ3v) is 2.53. The van der Waals surface area contributed by atoms with Gasteiger partial charge in [-0.15, -0.1) is 0 Å². The highest BCUT2D eigenvalue weighted by molar-refractivity contribution is 7.99. The van der Waals surface area contributed by atoms with Gasteiger partial charge in [0.15, 0.2) is 5.16 Å². The molecule has 5 N–H and O–H groups in total. The first-order chi connectivity index (χ1) is 7.61. The molecule has 88 valence electrons. The van der Waals surface area contributed by atoms with Crippen LogP contribution in [0.3, 0.4) is 0 Å². The van der Waals surface area contributed by atoms with E-state index >= 15 is 0 Å². The summed E-state index contributed by atoms with van der Waals surface area (Å²) in [7, 11) is 0. The quantitative estimate of drug-likeness (QED) is 0.504. The molecule has 1 aromatic heterocycles. The van der Waals surface area contributed by atoms with Crippen molar-refractivity contribution in [1.82, 2.24) is 15.3 Å². The van der Waals surface area contributed by atoms with E-state index in [4.69, 9.17) is 11.5 Å². The number of carbonyl (C=O) groups is 1. The Labute approximate surface area is 98.2 Å². The number of rotatable bonds is 5. The second kappa shape index (κ2) is 6.16. The van der Waals surface area contributed by atoms with Gasteiger partial charge in [-0.25, -0.2) is 9.97 Å². The molecule has 1 aromatic rings. The van der Waals surface area contributed by atoms with Crippen LogP contribution in [-0.2, 0) is 4.79 Å². The number of nitrogens with two attached hydrogens (primary N) is 2. The summed E-state index contributed by atoms with van der Waals surface area (Å²) < 4.78 is 0. The summed E-state index contributed by atoms with van der Waals surface area (Å²) in [6.45, 7) is 2.53. The van der Waals surface area contributed by atoms with Gasteiger partial charge in [-0.1, -0.05) is 11.8 Å². The van der Waals surface area contributed by atoms with Gasteiger partial charge >= 0.3 is 0 Å². The van der Waals surface area contributed by atoms with Crippen molar-refractivity contribution in [2.24, 2.45) is 0 Å². The Morgan fingerprint density at radius 1 is 1.44 bits per heavy atom. The summed E-state index contributed by atoms with van der Waals surface area (Å²) in [4.78, 5) is 19.1. The Hall–Kier alpha value is -1.50. The van der Waals surface area contributed by atoms with E-state index in [1.54, 1.807) is 0 Å². The maximum Gasteiger partial charge on any atom is 0.220 e. The summed E-state index contributed by atoms with van der Waals surface area (Å²) in [5, 5.41) is 3.21. The monoisotopic (exact) mass is 241 g/mol. The van der Waals surface area contributed by atoms with Gasteiger partial charge in [-0.3, -0.25) is 4.79 Å². The molecule has 1 rings (SSSR count). The van der Waals surface area contributed by atoms with Crippen LogP contribution >= 0.6 is 11.8 Å².